The minimum atomic E-state index is 0.405. The number of aryl methyl sites for hydroxylation is 2. The summed E-state index contributed by atoms with van der Waals surface area (Å²) in [5.74, 6) is 1.91. The van der Waals surface area contributed by atoms with Gasteiger partial charge in [0.25, 0.3) is 5.89 Å². The van der Waals surface area contributed by atoms with E-state index in [9.17, 15) is 0 Å². The lowest BCUT2D eigenvalue weighted by Gasteiger charge is -2.17. The van der Waals surface area contributed by atoms with Gasteiger partial charge in [-0.05, 0) is 56.6 Å². The molecule has 2 aliphatic rings. The fourth-order valence-electron chi connectivity index (χ4n) is 3.38. The lowest BCUT2D eigenvalue weighted by Crippen LogP contribution is -2.33. The first kappa shape index (κ1) is 15.3. The normalized spacial score (nSPS) is 22.2. The Kier molecular flexibility index (Phi) is 4.46. The Labute approximate surface area is 140 Å². The molecule has 2 aromatic heterocycles. The van der Waals surface area contributed by atoms with Crippen LogP contribution in [0.25, 0.3) is 10.8 Å². The van der Waals surface area contributed by atoms with Crippen LogP contribution in [-0.4, -0.2) is 29.5 Å². The lowest BCUT2D eigenvalue weighted by atomic mass is 9.99. The van der Waals surface area contributed by atoms with E-state index in [1.807, 2.05) is 11.3 Å². The SMILES string of the molecule is C[C@@H](NCc1nnc(-c2cc3c(s2)CCCC3)o1)[C@@H]1CCOC1. The van der Waals surface area contributed by atoms with Crippen LogP contribution in [0.3, 0.4) is 0 Å². The van der Waals surface area contributed by atoms with Gasteiger partial charge in [-0.2, -0.15) is 0 Å². The van der Waals surface area contributed by atoms with Crippen LogP contribution < -0.4 is 5.32 Å². The first-order valence-electron chi connectivity index (χ1n) is 8.55. The van der Waals surface area contributed by atoms with E-state index in [-0.39, 0.29) is 0 Å². The van der Waals surface area contributed by atoms with Gasteiger partial charge in [-0.25, -0.2) is 0 Å². The first-order valence-corrected chi connectivity index (χ1v) is 9.36. The molecule has 0 amide bonds. The van der Waals surface area contributed by atoms with E-state index in [4.69, 9.17) is 9.15 Å². The van der Waals surface area contributed by atoms with Gasteiger partial charge < -0.3 is 14.5 Å². The van der Waals surface area contributed by atoms with Crippen LogP contribution in [0.15, 0.2) is 10.5 Å². The maximum Gasteiger partial charge on any atom is 0.257 e. The molecule has 124 valence electrons. The summed E-state index contributed by atoms with van der Waals surface area (Å²) in [5.41, 5.74) is 1.48. The molecule has 1 aliphatic heterocycles. The van der Waals surface area contributed by atoms with Crippen molar-refractivity contribution >= 4 is 11.3 Å². The summed E-state index contributed by atoms with van der Waals surface area (Å²) < 4.78 is 11.3. The van der Waals surface area contributed by atoms with Gasteiger partial charge in [-0.1, -0.05) is 0 Å². The number of nitrogens with zero attached hydrogens (tertiary/aromatic N) is 2. The molecule has 0 aromatic carbocycles. The number of fused-ring (bicyclic) bond motifs is 1. The molecule has 0 spiro atoms. The van der Waals surface area contributed by atoms with Crippen LogP contribution in [0, 0.1) is 5.92 Å². The lowest BCUT2D eigenvalue weighted by molar-refractivity contribution is 0.177. The Balaban J connectivity index is 1.39. The number of hydrogen-bond donors (Lipinski definition) is 1. The Morgan fingerprint density at radius 2 is 2.26 bits per heavy atom. The summed E-state index contributed by atoms with van der Waals surface area (Å²) in [6.45, 7) is 4.55. The number of rotatable bonds is 5. The van der Waals surface area contributed by atoms with E-state index in [0.717, 1.165) is 24.5 Å². The number of nitrogens with one attached hydrogen (secondary N) is 1. The summed E-state index contributed by atoms with van der Waals surface area (Å²) in [5, 5.41) is 11.9. The summed E-state index contributed by atoms with van der Waals surface area (Å²) in [4.78, 5) is 2.62. The molecule has 23 heavy (non-hydrogen) atoms. The van der Waals surface area contributed by atoms with E-state index >= 15 is 0 Å². The number of aromatic nitrogens is 2. The maximum atomic E-state index is 5.85. The quantitative estimate of drug-likeness (QED) is 0.910. The third-order valence-electron chi connectivity index (χ3n) is 4.92. The third kappa shape index (κ3) is 3.34. The molecule has 4 rings (SSSR count). The number of thiophene rings is 1. The molecule has 1 saturated heterocycles. The monoisotopic (exact) mass is 333 g/mol. The second kappa shape index (κ2) is 6.71. The highest BCUT2D eigenvalue weighted by molar-refractivity contribution is 7.15. The molecule has 0 saturated carbocycles. The number of hydrogen-bond acceptors (Lipinski definition) is 6. The summed E-state index contributed by atoms with van der Waals surface area (Å²) >= 11 is 1.81. The Hall–Kier alpha value is -1.24. The van der Waals surface area contributed by atoms with Gasteiger partial charge in [0.05, 0.1) is 18.0 Å². The van der Waals surface area contributed by atoms with Crippen molar-refractivity contribution in [1.29, 1.82) is 0 Å². The van der Waals surface area contributed by atoms with Crippen LogP contribution in [0.5, 0.6) is 0 Å². The summed E-state index contributed by atoms with van der Waals surface area (Å²) in [7, 11) is 0. The highest BCUT2D eigenvalue weighted by Crippen LogP contribution is 2.35. The topological polar surface area (TPSA) is 60.2 Å². The Bertz CT molecular complexity index is 637. The third-order valence-corrected chi connectivity index (χ3v) is 6.15. The molecular formula is C17H23N3O2S. The zero-order valence-corrected chi connectivity index (χ0v) is 14.3. The van der Waals surface area contributed by atoms with Crippen molar-refractivity contribution in [2.24, 2.45) is 5.92 Å². The highest BCUT2D eigenvalue weighted by atomic mass is 32.1. The van der Waals surface area contributed by atoms with E-state index in [2.05, 4.69) is 28.5 Å². The maximum absolute atomic E-state index is 5.85. The largest absolute Gasteiger partial charge is 0.419 e. The predicted octanol–water partition coefficient (Wildman–Crippen LogP) is 3.19. The second-order valence-corrected chi connectivity index (χ2v) is 7.70. The molecular weight excluding hydrogens is 310 g/mol. The molecule has 1 N–H and O–H groups in total. The molecule has 0 unspecified atom stereocenters. The molecule has 5 nitrogen and oxygen atoms in total. The molecule has 6 heteroatoms. The molecule has 0 radical (unpaired) electrons. The molecule has 1 fully saturated rings. The fraction of sp³-hybridized carbons (Fsp3) is 0.647. The smallest absolute Gasteiger partial charge is 0.257 e. The fourth-order valence-corrected chi connectivity index (χ4v) is 4.56. The average Bonchev–Trinajstić information content (AvgIpc) is 3.31. The van der Waals surface area contributed by atoms with Crippen molar-refractivity contribution in [3.05, 3.63) is 22.4 Å². The highest BCUT2D eigenvalue weighted by Gasteiger charge is 2.23. The van der Waals surface area contributed by atoms with Crippen molar-refractivity contribution < 1.29 is 9.15 Å². The predicted molar refractivity (Wildman–Crippen MR) is 89.5 cm³/mol. The van der Waals surface area contributed by atoms with E-state index in [1.165, 1.54) is 36.1 Å². The van der Waals surface area contributed by atoms with Gasteiger partial charge in [-0.3, -0.25) is 0 Å². The number of ether oxygens (including phenoxy) is 1. The van der Waals surface area contributed by atoms with Gasteiger partial charge in [-0.15, -0.1) is 21.5 Å². The molecule has 2 atom stereocenters. The first-order chi connectivity index (χ1) is 11.3. The van der Waals surface area contributed by atoms with Gasteiger partial charge in [0, 0.05) is 17.5 Å². The van der Waals surface area contributed by atoms with Crippen LogP contribution in [0.2, 0.25) is 0 Å². The van der Waals surface area contributed by atoms with E-state index in [0.29, 0.717) is 30.3 Å². The van der Waals surface area contributed by atoms with Gasteiger partial charge in [0.1, 0.15) is 0 Å². The average molecular weight is 333 g/mol. The van der Waals surface area contributed by atoms with Crippen molar-refractivity contribution in [2.75, 3.05) is 13.2 Å². The van der Waals surface area contributed by atoms with Gasteiger partial charge >= 0.3 is 0 Å². The minimum absolute atomic E-state index is 0.405. The molecule has 1 aliphatic carbocycles. The van der Waals surface area contributed by atoms with E-state index in [1.54, 1.807) is 0 Å². The van der Waals surface area contributed by atoms with Gasteiger partial charge in [0.15, 0.2) is 0 Å². The van der Waals surface area contributed by atoms with Crippen molar-refractivity contribution in [1.82, 2.24) is 15.5 Å². The van der Waals surface area contributed by atoms with Crippen molar-refractivity contribution in [2.45, 2.75) is 51.6 Å². The van der Waals surface area contributed by atoms with E-state index < -0.39 is 0 Å². The molecule has 0 bridgehead atoms. The Morgan fingerprint density at radius 3 is 3.09 bits per heavy atom. The van der Waals surface area contributed by atoms with Crippen LogP contribution in [0.1, 0.15) is 42.5 Å². The standard InChI is InChI=1S/C17H23N3O2S/c1-11(13-6-7-21-10-13)18-9-16-19-20-17(22-16)15-8-12-4-2-3-5-14(12)23-15/h8,11,13,18H,2-7,9-10H2,1H3/t11-,13-/m1/s1. The van der Waals surface area contributed by atoms with Crippen LogP contribution in [-0.2, 0) is 24.1 Å². The van der Waals surface area contributed by atoms with Crippen molar-refractivity contribution in [3.8, 4) is 10.8 Å². The van der Waals surface area contributed by atoms with Crippen molar-refractivity contribution in [3.63, 3.8) is 0 Å². The van der Waals surface area contributed by atoms with Gasteiger partial charge in [0.2, 0.25) is 5.89 Å². The zero-order valence-electron chi connectivity index (χ0n) is 13.5. The summed E-state index contributed by atoms with van der Waals surface area (Å²) in [6, 6.07) is 2.64. The Morgan fingerprint density at radius 1 is 1.35 bits per heavy atom. The summed E-state index contributed by atoms with van der Waals surface area (Å²) in [6.07, 6.45) is 6.11. The zero-order chi connectivity index (χ0) is 15.6. The molecule has 3 heterocycles. The second-order valence-electron chi connectivity index (χ2n) is 6.56. The van der Waals surface area contributed by atoms with Crippen LogP contribution >= 0.6 is 11.3 Å². The van der Waals surface area contributed by atoms with Crippen LogP contribution in [0.4, 0.5) is 0 Å². The molecule has 2 aromatic rings. The minimum Gasteiger partial charge on any atom is -0.419 e.